The van der Waals surface area contributed by atoms with E-state index in [0.717, 1.165) is 12.8 Å². The van der Waals surface area contributed by atoms with Crippen molar-refractivity contribution in [2.45, 2.75) is 57.5 Å². The second-order valence-corrected chi connectivity index (χ2v) is 5.81. The van der Waals surface area contributed by atoms with Gasteiger partial charge in [0.2, 0.25) is 11.8 Å². The number of hydrogen-bond donors (Lipinski definition) is 2. The molecule has 1 unspecified atom stereocenters. The molecule has 1 atom stereocenters. The predicted octanol–water partition coefficient (Wildman–Crippen LogP) is 0.665. The van der Waals surface area contributed by atoms with Crippen LogP contribution < -0.4 is 5.32 Å². The minimum Gasteiger partial charge on any atom is -0.394 e. The Labute approximate surface area is 114 Å². The lowest BCUT2D eigenvalue weighted by molar-refractivity contribution is -0.130. The van der Waals surface area contributed by atoms with Crippen LogP contribution in [0.3, 0.4) is 0 Å². The van der Waals surface area contributed by atoms with Crippen LogP contribution in [0, 0.1) is 5.92 Å². The van der Waals surface area contributed by atoms with Crippen molar-refractivity contribution >= 4 is 11.8 Å². The van der Waals surface area contributed by atoms with Gasteiger partial charge >= 0.3 is 0 Å². The van der Waals surface area contributed by atoms with Gasteiger partial charge in [-0.2, -0.15) is 0 Å². The van der Waals surface area contributed by atoms with Crippen molar-refractivity contribution in [3.05, 3.63) is 0 Å². The lowest BCUT2D eigenvalue weighted by Crippen LogP contribution is -2.52. The molecule has 108 valence electrons. The number of nitrogens with zero attached hydrogens (tertiary/aromatic N) is 1. The van der Waals surface area contributed by atoms with Crippen LogP contribution in [0.2, 0.25) is 0 Å². The summed E-state index contributed by atoms with van der Waals surface area (Å²) in [5.41, 5.74) is -0.535. The molecular weight excluding hydrogens is 244 g/mol. The predicted molar refractivity (Wildman–Crippen MR) is 71.4 cm³/mol. The highest BCUT2D eigenvalue weighted by Crippen LogP contribution is 2.32. The Morgan fingerprint density at radius 2 is 2.05 bits per heavy atom. The van der Waals surface area contributed by atoms with E-state index in [1.165, 1.54) is 0 Å². The number of amides is 2. The number of aliphatic hydroxyl groups excluding tert-OH is 1. The van der Waals surface area contributed by atoms with Gasteiger partial charge in [0.05, 0.1) is 18.1 Å². The molecule has 19 heavy (non-hydrogen) atoms. The van der Waals surface area contributed by atoms with Crippen LogP contribution in [0.1, 0.15) is 46.0 Å². The lowest BCUT2D eigenvalue weighted by Gasteiger charge is -2.31. The molecule has 0 radical (unpaired) electrons. The van der Waals surface area contributed by atoms with Crippen LogP contribution in [-0.2, 0) is 9.59 Å². The number of rotatable bonds is 6. The van der Waals surface area contributed by atoms with Gasteiger partial charge in [-0.05, 0) is 25.7 Å². The van der Waals surface area contributed by atoms with E-state index in [2.05, 4.69) is 5.32 Å². The van der Waals surface area contributed by atoms with Gasteiger partial charge < -0.3 is 15.3 Å². The fourth-order valence-electron chi connectivity index (χ4n) is 2.70. The fourth-order valence-corrected chi connectivity index (χ4v) is 2.70. The number of aliphatic hydroxyl groups is 1. The molecule has 0 spiro atoms. The van der Waals surface area contributed by atoms with Gasteiger partial charge in [-0.15, -0.1) is 0 Å². The Morgan fingerprint density at radius 1 is 1.42 bits per heavy atom. The minimum absolute atomic E-state index is 0.0568. The van der Waals surface area contributed by atoms with Gasteiger partial charge in [-0.3, -0.25) is 9.59 Å². The lowest BCUT2D eigenvalue weighted by atomic mass is 9.92. The fraction of sp³-hybridized carbons (Fsp3) is 0.857. The molecule has 5 nitrogen and oxygen atoms in total. The van der Waals surface area contributed by atoms with Gasteiger partial charge in [0, 0.05) is 19.0 Å². The highest BCUT2D eigenvalue weighted by Gasteiger charge is 2.42. The third-order valence-electron chi connectivity index (χ3n) is 4.56. The van der Waals surface area contributed by atoms with E-state index in [-0.39, 0.29) is 24.3 Å². The average molecular weight is 268 g/mol. The van der Waals surface area contributed by atoms with Gasteiger partial charge in [0.15, 0.2) is 0 Å². The van der Waals surface area contributed by atoms with Gasteiger partial charge in [-0.25, -0.2) is 0 Å². The largest absolute Gasteiger partial charge is 0.394 e. The number of carbonyl (C=O) groups excluding carboxylic acids is 2. The van der Waals surface area contributed by atoms with Crippen molar-refractivity contribution in [2.24, 2.45) is 5.92 Å². The molecule has 2 rings (SSSR count). The first kappa shape index (κ1) is 14.3. The molecule has 0 aromatic heterocycles. The molecule has 0 aromatic carbocycles. The summed E-state index contributed by atoms with van der Waals surface area (Å²) in [7, 11) is 0. The van der Waals surface area contributed by atoms with Gasteiger partial charge in [0.1, 0.15) is 0 Å². The summed E-state index contributed by atoms with van der Waals surface area (Å²) >= 11 is 0. The second kappa shape index (κ2) is 5.49. The van der Waals surface area contributed by atoms with E-state index >= 15 is 0 Å². The molecule has 1 heterocycles. The maximum Gasteiger partial charge on any atom is 0.225 e. The molecule has 1 saturated carbocycles. The van der Waals surface area contributed by atoms with E-state index in [1.54, 1.807) is 0 Å². The number of carbonyl (C=O) groups is 2. The minimum atomic E-state index is -0.535. The molecule has 1 saturated heterocycles. The smallest absolute Gasteiger partial charge is 0.225 e. The Balaban J connectivity index is 1.95. The van der Waals surface area contributed by atoms with Crippen LogP contribution in [0.5, 0.6) is 0 Å². The Bertz CT molecular complexity index is 353. The average Bonchev–Trinajstić information content (AvgIpc) is 3.19. The van der Waals surface area contributed by atoms with E-state index < -0.39 is 5.54 Å². The summed E-state index contributed by atoms with van der Waals surface area (Å²) in [4.78, 5) is 26.0. The van der Waals surface area contributed by atoms with Gasteiger partial charge in [0.25, 0.3) is 0 Å². The standard InChI is InChI=1S/C14H24N2O3/c1-3-14(4-2,9-17)15-13(19)10-7-12(18)16(8-10)11-5-6-11/h10-11,17H,3-9H2,1-2H3,(H,15,19). The molecule has 2 fully saturated rings. The summed E-state index contributed by atoms with van der Waals surface area (Å²) in [6.45, 7) is 4.40. The van der Waals surface area contributed by atoms with Crippen molar-refractivity contribution in [2.75, 3.05) is 13.2 Å². The van der Waals surface area contributed by atoms with Crippen molar-refractivity contribution in [1.82, 2.24) is 10.2 Å². The Hall–Kier alpha value is -1.10. The van der Waals surface area contributed by atoms with Crippen molar-refractivity contribution in [1.29, 1.82) is 0 Å². The highest BCUT2D eigenvalue weighted by molar-refractivity contribution is 5.89. The van der Waals surface area contributed by atoms with Crippen LogP contribution in [0.4, 0.5) is 0 Å². The first-order valence-electron chi connectivity index (χ1n) is 7.27. The molecule has 0 bridgehead atoms. The molecule has 1 aliphatic heterocycles. The summed E-state index contributed by atoms with van der Waals surface area (Å²) in [5.74, 6) is -0.239. The SMILES string of the molecule is CCC(CC)(CO)NC(=O)C1CC(=O)N(C2CC2)C1. The first-order chi connectivity index (χ1) is 9.05. The Morgan fingerprint density at radius 3 is 2.53 bits per heavy atom. The number of likely N-dealkylation sites (tertiary alicyclic amines) is 1. The molecule has 5 heteroatoms. The second-order valence-electron chi connectivity index (χ2n) is 5.81. The van der Waals surface area contributed by atoms with Crippen LogP contribution in [-0.4, -0.2) is 46.6 Å². The maximum absolute atomic E-state index is 12.3. The third kappa shape index (κ3) is 2.91. The van der Waals surface area contributed by atoms with Crippen LogP contribution >= 0.6 is 0 Å². The summed E-state index contributed by atoms with van der Waals surface area (Å²) in [5, 5.41) is 12.4. The molecule has 1 aliphatic carbocycles. The topological polar surface area (TPSA) is 69.6 Å². The molecule has 2 amide bonds. The zero-order valence-electron chi connectivity index (χ0n) is 11.8. The first-order valence-corrected chi connectivity index (χ1v) is 7.27. The zero-order valence-corrected chi connectivity index (χ0v) is 11.8. The monoisotopic (exact) mass is 268 g/mol. The molecule has 2 N–H and O–H groups in total. The maximum atomic E-state index is 12.3. The highest BCUT2D eigenvalue weighted by atomic mass is 16.3. The molecular formula is C14H24N2O3. The van der Waals surface area contributed by atoms with Gasteiger partial charge in [-0.1, -0.05) is 13.8 Å². The van der Waals surface area contributed by atoms with Crippen molar-refractivity contribution < 1.29 is 14.7 Å². The van der Waals surface area contributed by atoms with Crippen molar-refractivity contribution in [3.8, 4) is 0 Å². The Kier molecular flexibility index (Phi) is 4.13. The number of nitrogens with one attached hydrogen (secondary N) is 1. The van der Waals surface area contributed by atoms with E-state index in [4.69, 9.17) is 0 Å². The van der Waals surface area contributed by atoms with E-state index in [1.807, 2.05) is 18.7 Å². The quantitative estimate of drug-likeness (QED) is 0.743. The molecule has 2 aliphatic rings. The van der Waals surface area contributed by atoms with Crippen LogP contribution in [0.15, 0.2) is 0 Å². The zero-order chi connectivity index (χ0) is 14.0. The van der Waals surface area contributed by atoms with Crippen molar-refractivity contribution in [3.63, 3.8) is 0 Å². The van der Waals surface area contributed by atoms with E-state index in [0.29, 0.717) is 31.8 Å². The summed E-state index contributed by atoms with van der Waals surface area (Å²) < 4.78 is 0. The van der Waals surface area contributed by atoms with E-state index in [9.17, 15) is 14.7 Å². The summed E-state index contributed by atoms with van der Waals surface area (Å²) in [6.07, 6.45) is 3.85. The third-order valence-corrected chi connectivity index (χ3v) is 4.56. The number of hydrogen-bond acceptors (Lipinski definition) is 3. The summed E-state index contributed by atoms with van der Waals surface area (Å²) in [6, 6.07) is 0.380. The normalized spacial score (nSPS) is 23.8. The van der Waals surface area contributed by atoms with Crippen LogP contribution in [0.25, 0.3) is 0 Å². The molecule has 0 aromatic rings.